The number of carbonyl (C=O) groups is 2. The summed E-state index contributed by atoms with van der Waals surface area (Å²) >= 11 is 1.07. The molecule has 1 saturated heterocycles. The third-order valence-electron chi connectivity index (χ3n) is 6.92. The van der Waals surface area contributed by atoms with Gasteiger partial charge in [-0.25, -0.2) is 18.9 Å². The van der Waals surface area contributed by atoms with Gasteiger partial charge in [0.05, 0.1) is 23.2 Å². The van der Waals surface area contributed by atoms with E-state index in [-0.39, 0.29) is 34.2 Å². The van der Waals surface area contributed by atoms with Crippen molar-refractivity contribution in [1.82, 2.24) is 14.8 Å². The Labute approximate surface area is 271 Å². The largest absolute Gasteiger partial charge is 0.573 e. The Morgan fingerprint density at radius 3 is 2.49 bits per heavy atom. The SMILES string of the molecule is CCC(C)Oc1ccc(C)cc1N1C(=O)CS/C1=N\C(=O)OCC(F)c1ccc(-c2ncn(-c3ccc(OC(F)(F)F)cc3)n2)cc1. The zero-order chi connectivity index (χ0) is 33.7. The van der Waals surface area contributed by atoms with Crippen molar-refractivity contribution >= 4 is 34.6 Å². The van der Waals surface area contributed by atoms with Crippen LogP contribution in [0.3, 0.4) is 0 Å². The van der Waals surface area contributed by atoms with Crippen molar-refractivity contribution in [3.05, 3.63) is 84.2 Å². The first-order valence-corrected chi connectivity index (χ1v) is 15.4. The summed E-state index contributed by atoms with van der Waals surface area (Å²) in [5.74, 6) is 0.192. The fourth-order valence-electron chi connectivity index (χ4n) is 4.40. The molecule has 0 aliphatic carbocycles. The van der Waals surface area contributed by atoms with Gasteiger partial charge in [0, 0.05) is 5.56 Å². The average Bonchev–Trinajstić information content (AvgIpc) is 3.67. The van der Waals surface area contributed by atoms with Gasteiger partial charge in [-0.3, -0.25) is 9.69 Å². The summed E-state index contributed by atoms with van der Waals surface area (Å²) in [4.78, 5) is 34.9. The number of thioether (sulfide) groups is 1. The fourth-order valence-corrected chi connectivity index (χ4v) is 5.25. The smallest absolute Gasteiger partial charge is 0.489 e. The van der Waals surface area contributed by atoms with E-state index in [1.54, 1.807) is 24.3 Å². The zero-order valence-corrected chi connectivity index (χ0v) is 26.2. The highest BCUT2D eigenvalue weighted by molar-refractivity contribution is 8.15. The molecule has 10 nitrogen and oxygen atoms in total. The Kier molecular flexibility index (Phi) is 10.1. The van der Waals surface area contributed by atoms with Gasteiger partial charge in [-0.1, -0.05) is 49.0 Å². The molecule has 2 heterocycles. The van der Waals surface area contributed by atoms with Crippen LogP contribution in [0.2, 0.25) is 0 Å². The predicted octanol–water partition coefficient (Wildman–Crippen LogP) is 7.60. The Balaban J connectivity index is 1.20. The Hall–Kier alpha value is -4.92. The number of halogens is 4. The molecule has 4 aromatic rings. The Morgan fingerprint density at radius 1 is 1.09 bits per heavy atom. The van der Waals surface area contributed by atoms with E-state index in [9.17, 15) is 22.8 Å². The molecule has 3 aromatic carbocycles. The number of rotatable bonds is 10. The molecule has 1 fully saturated rings. The van der Waals surface area contributed by atoms with Crippen LogP contribution in [-0.2, 0) is 9.53 Å². The summed E-state index contributed by atoms with van der Waals surface area (Å²) in [6, 6.07) is 16.7. The van der Waals surface area contributed by atoms with Crippen molar-refractivity contribution in [2.45, 2.75) is 45.8 Å². The van der Waals surface area contributed by atoms with Gasteiger partial charge >= 0.3 is 12.5 Å². The van der Waals surface area contributed by atoms with Crippen LogP contribution in [0, 0.1) is 6.92 Å². The minimum absolute atomic E-state index is 0.0667. The quantitative estimate of drug-likeness (QED) is 0.159. The van der Waals surface area contributed by atoms with Crippen LogP contribution in [0.15, 0.2) is 78.0 Å². The summed E-state index contributed by atoms with van der Waals surface area (Å²) < 4.78 is 68.6. The van der Waals surface area contributed by atoms with E-state index in [1.165, 1.54) is 40.2 Å². The second kappa shape index (κ2) is 14.2. The summed E-state index contributed by atoms with van der Waals surface area (Å²) in [5, 5.41) is 4.43. The van der Waals surface area contributed by atoms with Gasteiger partial charge in [-0.05, 0) is 67.8 Å². The van der Waals surface area contributed by atoms with E-state index in [0.29, 0.717) is 28.5 Å². The minimum Gasteiger partial charge on any atom is -0.489 e. The summed E-state index contributed by atoms with van der Waals surface area (Å²) in [6.45, 7) is 5.15. The number of aromatic nitrogens is 3. The molecule has 0 radical (unpaired) electrons. The van der Waals surface area contributed by atoms with E-state index in [0.717, 1.165) is 35.9 Å². The molecule has 1 aliphatic rings. The van der Waals surface area contributed by atoms with Gasteiger partial charge < -0.3 is 14.2 Å². The van der Waals surface area contributed by atoms with Crippen molar-refractivity contribution in [2.75, 3.05) is 17.3 Å². The van der Waals surface area contributed by atoms with Crippen molar-refractivity contribution in [3.8, 4) is 28.6 Å². The zero-order valence-electron chi connectivity index (χ0n) is 25.4. The van der Waals surface area contributed by atoms with E-state index < -0.39 is 25.2 Å². The lowest BCUT2D eigenvalue weighted by atomic mass is 10.1. The molecule has 0 spiro atoms. The normalized spacial score (nSPS) is 15.5. The first kappa shape index (κ1) is 33.4. The Bertz CT molecular complexity index is 1760. The molecule has 0 bridgehead atoms. The molecule has 1 aliphatic heterocycles. The maximum atomic E-state index is 15.0. The summed E-state index contributed by atoms with van der Waals surface area (Å²) in [6.07, 6.45) is -5.47. The molecule has 1 aromatic heterocycles. The number of aryl methyl sites for hydroxylation is 1. The second-order valence-corrected chi connectivity index (χ2v) is 11.4. The average molecular weight is 672 g/mol. The highest BCUT2D eigenvalue weighted by Crippen LogP contribution is 2.36. The van der Waals surface area contributed by atoms with E-state index in [1.807, 2.05) is 26.8 Å². The number of amidine groups is 1. The van der Waals surface area contributed by atoms with Crippen LogP contribution < -0.4 is 14.4 Å². The van der Waals surface area contributed by atoms with Crippen LogP contribution in [0.4, 0.5) is 28.0 Å². The van der Waals surface area contributed by atoms with E-state index in [4.69, 9.17) is 9.47 Å². The monoisotopic (exact) mass is 671 g/mol. The molecular formula is C32H29F4N5O5S. The van der Waals surface area contributed by atoms with E-state index in [2.05, 4.69) is 19.8 Å². The first-order valence-electron chi connectivity index (χ1n) is 14.4. The summed E-state index contributed by atoms with van der Waals surface area (Å²) in [5.41, 5.74) is 2.57. The van der Waals surface area contributed by atoms with Gasteiger partial charge in [0.25, 0.3) is 0 Å². The van der Waals surface area contributed by atoms with Gasteiger partial charge in [-0.15, -0.1) is 18.3 Å². The van der Waals surface area contributed by atoms with Crippen LogP contribution in [0.25, 0.3) is 17.1 Å². The Morgan fingerprint density at radius 2 is 1.81 bits per heavy atom. The number of hydrogen-bond acceptors (Lipinski definition) is 8. The third-order valence-corrected chi connectivity index (χ3v) is 7.84. The first-order chi connectivity index (χ1) is 22.4. The molecule has 246 valence electrons. The maximum absolute atomic E-state index is 15.0. The molecule has 15 heteroatoms. The molecule has 2 unspecified atom stereocenters. The fraction of sp³-hybridized carbons (Fsp3) is 0.281. The van der Waals surface area contributed by atoms with Crippen molar-refractivity contribution in [1.29, 1.82) is 0 Å². The topological polar surface area (TPSA) is 108 Å². The number of anilines is 1. The van der Waals surface area contributed by atoms with Crippen molar-refractivity contribution < 1.29 is 41.4 Å². The number of benzene rings is 3. The van der Waals surface area contributed by atoms with Crippen LogP contribution in [0.5, 0.6) is 11.5 Å². The predicted molar refractivity (Wildman–Crippen MR) is 168 cm³/mol. The number of hydrogen-bond donors (Lipinski definition) is 0. The van der Waals surface area contributed by atoms with Gasteiger partial charge in [0.1, 0.15) is 24.4 Å². The lowest BCUT2D eigenvalue weighted by molar-refractivity contribution is -0.274. The molecule has 2 atom stereocenters. The number of alkyl halides is 4. The molecule has 5 rings (SSSR count). The molecular weight excluding hydrogens is 642 g/mol. The van der Waals surface area contributed by atoms with Crippen LogP contribution in [0.1, 0.15) is 37.6 Å². The maximum Gasteiger partial charge on any atom is 0.573 e. The number of amides is 2. The lowest BCUT2D eigenvalue weighted by Crippen LogP contribution is -2.31. The molecule has 0 N–H and O–H groups in total. The third kappa shape index (κ3) is 8.47. The van der Waals surface area contributed by atoms with Crippen molar-refractivity contribution in [3.63, 3.8) is 0 Å². The van der Waals surface area contributed by atoms with Crippen LogP contribution >= 0.6 is 11.8 Å². The molecule has 47 heavy (non-hydrogen) atoms. The van der Waals surface area contributed by atoms with Gasteiger partial charge in [0.15, 0.2) is 17.2 Å². The molecule has 2 amide bonds. The number of carbonyl (C=O) groups excluding carboxylic acids is 2. The number of aliphatic imine (C=N–C) groups is 1. The van der Waals surface area contributed by atoms with Crippen molar-refractivity contribution in [2.24, 2.45) is 4.99 Å². The van der Waals surface area contributed by atoms with Crippen LogP contribution in [-0.4, -0.2) is 56.8 Å². The second-order valence-electron chi connectivity index (χ2n) is 10.4. The summed E-state index contributed by atoms with van der Waals surface area (Å²) in [7, 11) is 0. The highest BCUT2D eigenvalue weighted by Gasteiger charge is 2.33. The molecule has 0 saturated carbocycles. The standard InChI is InChI=1S/C32H29F4N5O5S/c1-4-20(3)45-27-14-5-19(2)15-26(27)41-28(42)17-47-30(41)38-31(43)44-16-25(33)21-6-8-22(9-7-21)29-37-18-40(39-29)23-10-12-24(13-11-23)46-32(34,35)36/h5-15,18,20,25H,4,16-17H2,1-3H3/b38-30-. The van der Waals surface area contributed by atoms with E-state index >= 15 is 4.39 Å². The lowest BCUT2D eigenvalue weighted by Gasteiger charge is -2.22. The van der Waals surface area contributed by atoms with Gasteiger partial charge in [0.2, 0.25) is 5.91 Å². The number of nitrogens with zero attached hydrogens (tertiary/aromatic N) is 5. The highest BCUT2D eigenvalue weighted by atomic mass is 32.2. The number of ether oxygens (including phenoxy) is 3. The minimum atomic E-state index is -4.80. The van der Waals surface area contributed by atoms with Gasteiger partial charge in [-0.2, -0.15) is 4.99 Å².